The van der Waals surface area contributed by atoms with Gasteiger partial charge in [0.1, 0.15) is 6.04 Å². The summed E-state index contributed by atoms with van der Waals surface area (Å²) in [5, 5.41) is 9.03. The first kappa shape index (κ1) is 19.0. The zero-order valence-electron chi connectivity index (χ0n) is 15.1. The molecule has 138 valence electrons. The van der Waals surface area contributed by atoms with E-state index in [1.165, 1.54) is 23.1 Å². The molecule has 0 aliphatic heterocycles. The number of nitrogens with two attached hydrogens (primary N) is 1. The van der Waals surface area contributed by atoms with Gasteiger partial charge in [0, 0.05) is 10.6 Å². The average Bonchev–Trinajstić information content (AvgIpc) is 2.69. The minimum absolute atomic E-state index is 0.310. The fourth-order valence-corrected chi connectivity index (χ4v) is 3.46. The lowest BCUT2D eigenvalue weighted by Gasteiger charge is -2.13. The molecule has 3 rings (SSSR count). The van der Waals surface area contributed by atoms with Crippen molar-refractivity contribution in [2.75, 3.05) is 4.72 Å². The normalized spacial score (nSPS) is 11.8. The molecule has 1 unspecified atom stereocenters. The fraction of sp³-hybridized carbons (Fsp3) is 0.136. The Morgan fingerprint density at radius 1 is 1.04 bits per heavy atom. The van der Waals surface area contributed by atoms with Gasteiger partial charge < -0.3 is 15.6 Å². The summed E-state index contributed by atoms with van der Waals surface area (Å²) in [7, 11) is 0. The maximum Gasteiger partial charge on any atom is 0.320 e. The molecule has 0 radical (unpaired) electrons. The zero-order valence-corrected chi connectivity index (χ0v) is 15.9. The number of hydrogen-bond acceptors (Lipinski definition) is 4. The van der Waals surface area contributed by atoms with Crippen LogP contribution >= 0.6 is 11.9 Å². The van der Waals surface area contributed by atoms with Crippen LogP contribution in [0.1, 0.15) is 11.1 Å². The van der Waals surface area contributed by atoms with Gasteiger partial charge in [0.15, 0.2) is 0 Å². The van der Waals surface area contributed by atoms with Crippen LogP contribution in [0.25, 0.3) is 11.1 Å². The van der Waals surface area contributed by atoms with Gasteiger partial charge in [-0.05, 0) is 71.8 Å². The van der Waals surface area contributed by atoms with Crippen LogP contribution in [0.15, 0.2) is 77.7 Å². The highest BCUT2D eigenvalue weighted by Gasteiger charge is 2.14. The molecule has 0 amide bonds. The Balaban J connectivity index is 1.71. The lowest BCUT2D eigenvalue weighted by atomic mass is 10.0. The summed E-state index contributed by atoms with van der Waals surface area (Å²) in [6, 6.07) is 23.6. The Kier molecular flexibility index (Phi) is 6.16. The summed E-state index contributed by atoms with van der Waals surface area (Å²) < 4.78 is 3.34. The third-order valence-corrected chi connectivity index (χ3v) is 5.16. The molecule has 5 heteroatoms. The van der Waals surface area contributed by atoms with E-state index in [2.05, 4.69) is 35.1 Å². The van der Waals surface area contributed by atoms with Crippen LogP contribution in [0.4, 0.5) is 5.69 Å². The molecular weight excluding hydrogens is 356 g/mol. The molecule has 0 aliphatic carbocycles. The van der Waals surface area contributed by atoms with E-state index in [-0.39, 0.29) is 0 Å². The summed E-state index contributed by atoms with van der Waals surface area (Å²) >= 11 is 1.52. The number of anilines is 1. The predicted molar refractivity (Wildman–Crippen MR) is 112 cm³/mol. The minimum atomic E-state index is -0.986. The second-order valence-electron chi connectivity index (χ2n) is 6.39. The highest BCUT2D eigenvalue weighted by molar-refractivity contribution is 8.00. The van der Waals surface area contributed by atoms with Gasteiger partial charge in [-0.25, -0.2) is 0 Å². The zero-order chi connectivity index (χ0) is 19.2. The third-order valence-electron chi connectivity index (χ3n) is 4.33. The van der Waals surface area contributed by atoms with Crippen LogP contribution in [0, 0.1) is 6.92 Å². The number of benzene rings is 3. The molecule has 4 N–H and O–H groups in total. The Morgan fingerprint density at radius 2 is 1.78 bits per heavy atom. The van der Waals surface area contributed by atoms with Crippen LogP contribution in [-0.4, -0.2) is 17.1 Å². The maximum atomic E-state index is 11.0. The summed E-state index contributed by atoms with van der Waals surface area (Å²) in [5.41, 5.74) is 10.9. The van der Waals surface area contributed by atoms with Crippen LogP contribution in [0.5, 0.6) is 0 Å². The molecule has 0 saturated heterocycles. The Bertz CT molecular complexity index is 929. The molecule has 3 aromatic carbocycles. The van der Waals surface area contributed by atoms with Crippen molar-refractivity contribution in [1.29, 1.82) is 0 Å². The molecule has 0 aliphatic rings. The first-order chi connectivity index (χ1) is 13.0. The number of carboxylic acids is 1. The number of aryl methyl sites for hydroxylation is 1. The second-order valence-corrected chi connectivity index (χ2v) is 7.27. The number of hydrogen-bond donors (Lipinski definition) is 3. The van der Waals surface area contributed by atoms with Crippen molar-refractivity contribution < 1.29 is 9.90 Å². The number of aliphatic carboxylic acids is 1. The standard InChI is InChI=1S/C22H22N2O2S/c1-15-10-11-19(12-18(15)14-21(23)22(25)26)24-27-20-9-5-8-17(13-20)16-6-3-2-4-7-16/h2-13,21,24H,14,23H2,1H3,(H,25,26). The molecule has 0 saturated carbocycles. The summed E-state index contributed by atoms with van der Waals surface area (Å²) in [6.45, 7) is 1.96. The van der Waals surface area contributed by atoms with Gasteiger partial charge in [-0.2, -0.15) is 0 Å². The van der Waals surface area contributed by atoms with Crippen LogP contribution < -0.4 is 10.5 Å². The number of nitrogens with one attached hydrogen (secondary N) is 1. The Labute approximate surface area is 163 Å². The van der Waals surface area contributed by atoms with Gasteiger partial charge in [0.2, 0.25) is 0 Å². The molecule has 0 aromatic heterocycles. The van der Waals surface area contributed by atoms with Gasteiger partial charge >= 0.3 is 5.97 Å². The number of carbonyl (C=O) groups is 1. The molecule has 0 heterocycles. The first-order valence-electron chi connectivity index (χ1n) is 8.69. The van der Waals surface area contributed by atoms with E-state index in [4.69, 9.17) is 10.8 Å². The first-order valence-corrected chi connectivity index (χ1v) is 9.51. The van der Waals surface area contributed by atoms with E-state index in [0.29, 0.717) is 6.42 Å². The van der Waals surface area contributed by atoms with Crippen molar-refractivity contribution >= 4 is 23.6 Å². The Hall–Kier alpha value is -2.76. The molecule has 27 heavy (non-hydrogen) atoms. The van der Waals surface area contributed by atoms with Crippen molar-refractivity contribution in [2.24, 2.45) is 5.73 Å². The van der Waals surface area contributed by atoms with Crippen molar-refractivity contribution in [2.45, 2.75) is 24.3 Å². The molecule has 0 fully saturated rings. The number of carboxylic acid groups (broad SMARTS) is 1. The summed E-state index contributed by atoms with van der Waals surface area (Å²) in [6.07, 6.45) is 0.310. The van der Waals surface area contributed by atoms with Crippen molar-refractivity contribution in [3.63, 3.8) is 0 Å². The van der Waals surface area contributed by atoms with E-state index < -0.39 is 12.0 Å². The van der Waals surface area contributed by atoms with E-state index >= 15 is 0 Å². The van der Waals surface area contributed by atoms with Crippen molar-refractivity contribution in [1.82, 2.24) is 0 Å². The van der Waals surface area contributed by atoms with Crippen molar-refractivity contribution in [3.8, 4) is 11.1 Å². The lowest BCUT2D eigenvalue weighted by Crippen LogP contribution is -2.32. The molecular formula is C22H22N2O2S. The van der Waals surface area contributed by atoms with Crippen LogP contribution in [-0.2, 0) is 11.2 Å². The van der Waals surface area contributed by atoms with Crippen LogP contribution in [0.2, 0.25) is 0 Å². The molecule has 1 atom stereocenters. The molecule has 3 aromatic rings. The topological polar surface area (TPSA) is 75.3 Å². The summed E-state index contributed by atoms with van der Waals surface area (Å²) in [5.74, 6) is -0.986. The summed E-state index contributed by atoms with van der Waals surface area (Å²) in [4.78, 5) is 12.1. The second kappa shape index (κ2) is 8.75. The average molecular weight is 378 g/mol. The molecule has 0 spiro atoms. The SMILES string of the molecule is Cc1ccc(NSc2cccc(-c3ccccc3)c2)cc1CC(N)C(=O)O. The fourth-order valence-electron chi connectivity index (χ4n) is 2.77. The van der Waals surface area contributed by atoms with Gasteiger partial charge in [0.25, 0.3) is 0 Å². The van der Waals surface area contributed by atoms with Crippen molar-refractivity contribution in [3.05, 3.63) is 83.9 Å². The monoisotopic (exact) mass is 378 g/mol. The largest absolute Gasteiger partial charge is 0.480 e. The van der Waals surface area contributed by atoms with E-state index in [1.807, 2.05) is 49.4 Å². The molecule has 4 nitrogen and oxygen atoms in total. The highest BCUT2D eigenvalue weighted by atomic mass is 32.2. The third kappa shape index (κ3) is 5.12. The van der Waals surface area contributed by atoms with Crippen LogP contribution in [0.3, 0.4) is 0 Å². The molecule has 0 bridgehead atoms. The highest BCUT2D eigenvalue weighted by Crippen LogP contribution is 2.27. The van der Waals surface area contributed by atoms with Gasteiger partial charge in [-0.15, -0.1) is 0 Å². The van der Waals surface area contributed by atoms with Gasteiger partial charge in [-0.1, -0.05) is 48.5 Å². The predicted octanol–water partition coefficient (Wildman–Crippen LogP) is 4.74. The smallest absolute Gasteiger partial charge is 0.320 e. The lowest BCUT2D eigenvalue weighted by molar-refractivity contribution is -0.138. The van der Waals surface area contributed by atoms with E-state index in [0.717, 1.165) is 21.7 Å². The van der Waals surface area contributed by atoms with E-state index in [1.54, 1.807) is 0 Å². The van der Waals surface area contributed by atoms with Gasteiger partial charge in [-0.3, -0.25) is 4.79 Å². The minimum Gasteiger partial charge on any atom is -0.480 e. The Morgan fingerprint density at radius 3 is 2.52 bits per heavy atom. The van der Waals surface area contributed by atoms with Gasteiger partial charge in [0.05, 0.1) is 0 Å². The maximum absolute atomic E-state index is 11.0. The van der Waals surface area contributed by atoms with E-state index in [9.17, 15) is 4.79 Å². The number of rotatable bonds is 7. The quantitative estimate of drug-likeness (QED) is 0.518.